The minimum Gasteiger partial charge on any atom is -0.359 e. The molecule has 0 saturated heterocycles. The first-order valence-corrected chi connectivity index (χ1v) is 8.03. The van der Waals surface area contributed by atoms with E-state index in [1.807, 2.05) is 12.1 Å². The van der Waals surface area contributed by atoms with Crippen molar-refractivity contribution < 1.29 is 9.59 Å². The van der Waals surface area contributed by atoms with E-state index in [1.165, 1.54) is 11.1 Å². The van der Waals surface area contributed by atoms with Crippen LogP contribution in [0.5, 0.6) is 0 Å². The van der Waals surface area contributed by atoms with Crippen molar-refractivity contribution in [3.63, 3.8) is 0 Å². The number of urea groups is 1. The van der Waals surface area contributed by atoms with Gasteiger partial charge in [0.1, 0.15) is 0 Å². The fraction of sp³-hybridized carbons (Fsp3) is 0.529. The summed E-state index contributed by atoms with van der Waals surface area (Å²) in [6, 6.07) is 8.25. The summed E-state index contributed by atoms with van der Waals surface area (Å²) in [5.74, 6) is -0.0763. The lowest BCUT2D eigenvalue weighted by Crippen LogP contribution is -2.49. The highest BCUT2D eigenvalue weighted by molar-refractivity contribution is 5.81. The zero-order chi connectivity index (χ0) is 15.5. The molecule has 3 rings (SSSR count). The summed E-state index contributed by atoms with van der Waals surface area (Å²) in [4.78, 5) is 24.0. The Kier molecular flexibility index (Phi) is 4.32. The molecule has 2 atom stereocenters. The van der Waals surface area contributed by atoms with Gasteiger partial charge in [0.15, 0.2) is 0 Å². The van der Waals surface area contributed by atoms with Gasteiger partial charge in [0.2, 0.25) is 5.91 Å². The number of benzene rings is 1. The third-order valence-corrected chi connectivity index (χ3v) is 4.80. The second-order valence-corrected chi connectivity index (χ2v) is 6.25. The van der Waals surface area contributed by atoms with Crippen LogP contribution in [0.25, 0.3) is 0 Å². The number of rotatable bonds is 3. The van der Waals surface area contributed by atoms with Gasteiger partial charge in [-0.15, -0.1) is 0 Å². The van der Waals surface area contributed by atoms with E-state index in [9.17, 15) is 9.59 Å². The Balaban J connectivity index is 1.52. The Morgan fingerprint density at radius 3 is 2.36 bits per heavy atom. The van der Waals surface area contributed by atoms with Gasteiger partial charge in [0.05, 0.1) is 5.92 Å². The van der Waals surface area contributed by atoms with E-state index < -0.39 is 0 Å². The summed E-state index contributed by atoms with van der Waals surface area (Å²) in [7, 11) is 1.65. The molecule has 22 heavy (non-hydrogen) atoms. The van der Waals surface area contributed by atoms with Crippen LogP contribution in [-0.4, -0.2) is 31.1 Å². The summed E-state index contributed by atoms with van der Waals surface area (Å²) in [6.07, 6.45) is 4.47. The summed E-state index contributed by atoms with van der Waals surface area (Å²) in [5.41, 5.74) is 2.63. The van der Waals surface area contributed by atoms with Crippen LogP contribution in [0.15, 0.2) is 24.3 Å². The fourth-order valence-corrected chi connectivity index (χ4v) is 3.69. The van der Waals surface area contributed by atoms with Crippen molar-refractivity contribution in [3.8, 4) is 0 Å². The normalized spacial score (nSPS) is 23.9. The Labute approximate surface area is 130 Å². The van der Waals surface area contributed by atoms with E-state index in [0.717, 1.165) is 32.1 Å². The van der Waals surface area contributed by atoms with Crippen LogP contribution >= 0.6 is 0 Å². The maximum absolute atomic E-state index is 12.2. The predicted octanol–water partition coefficient (Wildman–Crippen LogP) is 1.37. The Morgan fingerprint density at radius 2 is 1.73 bits per heavy atom. The molecule has 2 aliphatic carbocycles. The van der Waals surface area contributed by atoms with E-state index in [-0.39, 0.29) is 29.9 Å². The topological polar surface area (TPSA) is 70.2 Å². The smallest absolute Gasteiger partial charge is 0.315 e. The summed E-state index contributed by atoms with van der Waals surface area (Å²) >= 11 is 0. The molecular formula is C17H23N3O2. The average molecular weight is 301 g/mol. The Bertz CT molecular complexity index is 548. The van der Waals surface area contributed by atoms with Crippen molar-refractivity contribution in [2.75, 3.05) is 7.05 Å². The molecular weight excluding hydrogens is 278 g/mol. The third kappa shape index (κ3) is 3.08. The van der Waals surface area contributed by atoms with Gasteiger partial charge in [-0.3, -0.25) is 4.79 Å². The Morgan fingerprint density at radius 1 is 1.05 bits per heavy atom. The summed E-state index contributed by atoms with van der Waals surface area (Å²) in [5, 5.41) is 8.72. The third-order valence-electron chi connectivity index (χ3n) is 4.80. The number of hydrogen-bond acceptors (Lipinski definition) is 2. The molecule has 0 unspecified atom stereocenters. The molecule has 0 heterocycles. The van der Waals surface area contributed by atoms with Gasteiger partial charge >= 0.3 is 6.03 Å². The quantitative estimate of drug-likeness (QED) is 0.789. The van der Waals surface area contributed by atoms with Crippen molar-refractivity contribution >= 4 is 11.9 Å². The molecule has 1 fully saturated rings. The van der Waals surface area contributed by atoms with Gasteiger partial charge in [-0.05, 0) is 36.8 Å². The Hall–Kier alpha value is -2.04. The molecule has 0 spiro atoms. The van der Waals surface area contributed by atoms with Crippen LogP contribution < -0.4 is 16.0 Å². The van der Waals surface area contributed by atoms with E-state index in [1.54, 1.807) is 7.05 Å². The van der Waals surface area contributed by atoms with Crippen LogP contribution in [0.2, 0.25) is 0 Å². The van der Waals surface area contributed by atoms with Crippen LogP contribution in [0.4, 0.5) is 4.79 Å². The van der Waals surface area contributed by atoms with Crippen molar-refractivity contribution in [2.45, 2.75) is 44.2 Å². The standard InChI is InChI=1S/C17H23N3O2/c1-18-16(21)14-7-4-8-15(14)20-17(22)19-13-9-11-5-2-3-6-12(11)10-13/h2-3,5-6,13-15H,4,7-10H2,1H3,(H,18,21)(H2,19,20,22)/t14-,15+/m1/s1. The maximum atomic E-state index is 12.2. The second kappa shape index (κ2) is 6.38. The molecule has 1 saturated carbocycles. The maximum Gasteiger partial charge on any atom is 0.315 e. The van der Waals surface area contributed by atoms with Gasteiger partial charge in [0, 0.05) is 19.1 Å². The van der Waals surface area contributed by atoms with Gasteiger partial charge in [-0.1, -0.05) is 30.7 Å². The molecule has 3 amide bonds. The van der Waals surface area contributed by atoms with Crippen molar-refractivity contribution in [3.05, 3.63) is 35.4 Å². The highest BCUT2D eigenvalue weighted by Crippen LogP contribution is 2.26. The first kappa shape index (κ1) is 14.9. The first-order chi connectivity index (χ1) is 10.7. The summed E-state index contributed by atoms with van der Waals surface area (Å²) < 4.78 is 0. The van der Waals surface area contributed by atoms with Crippen molar-refractivity contribution in [1.29, 1.82) is 0 Å². The molecule has 1 aromatic rings. The van der Waals surface area contributed by atoms with Gasteiger partial charge in [0.25, 0.3) is 0 Å². The lowest BCUT2D eigenvalue weighted by Gasteiger charge is -2.21. The lowest BCUT2D eigenvalue weighted by atomic mass is 10.0. The molecule has 5 nitrogen and oxygen atoms in total. The molecule has 3 N–H and O–H groups in total. The van der Waals surface area contributed by atoms with Crippen LogP contribution in [0.3, 0.4) is 0 Å². The highest BCUT2D eigenvalue weighted by atomic mass is 16.2. The van der Waals surface area contributed by atoms with Gasteiger partial charge in [-0.2, -0.15) is 0 Å². The molecule has 0 bridgehead atoms. The minimum absolute atomic E-state index is 0.0241. The van der Waals surface area contributed by atoms with Crippen LogP contribution in [0, 0.1) is 5.92 Å². The second-order valence-electron chi connectivity index (χ2n) is 6.25. The minimum atomic E-state index is -0.154. The zero-order valence-corrected chi connectivity index (χ0v) is 12.9. The number of amides is 3. The van der Waals surface area contributed by atoms with E-state index in [2.05, 4.69) is 28.1 Å². The monoisotopic (exact) mass is 301 g/mol. The molecule has 5 heteroatoms. The van der Waals surface area contributed by atoms with E-state index in [0.29, 0.717) is 0 Å². The SMILES string of the molecule is CNC(=O)[C@@H]1CCC[C@@H]1NC(=O)NC1Cc2ccccc2C1. The first-order valence-electron chi connectivity index (χ1n) is 8.03. The molecule has 0 aliphatic heterocycles. The van der Waals surface area contributed by atoms with Crippen LogP contribution in [0.1, 0.15) is 30.4 Å². The fourth-order valence-electron chi connectivity index (χ4n) is 3.69. The largest absolute Gasteiger partial charge is 0.359 e. The molecule has 0 aromatic heterocycles. The molecule has 1 aromatic carbocycles. The molecule has 2 aliphatic rings. The predicted molar refractivity (Wildman–Crippen MR) is 84.5 cm³/mol. The lowest BCUT2D eigenvalue weighted by molar-refractivity contribution is -0.124. The number of carbonyl (C=O) groups is 2. The zero-order valence-electron chi connectivity index (χ0n) is 12.9. The highest BCUT2D eigenvalue weighted by Gasteiger charge is 2.34. The number of fused-ring (bicyclic) bond motifs is 1. The summed E-state index contributed by atoms with van der Waals surface area (Å²) in [6.45, 7) is 0. The number of hydrogen-bond donors (Lipinski definition) is 3. The average Bonchev–Trinajstić information content (AvgIpc) is 3.12. The van der Waals surface area contributed by atoms with E-state index in [4.69, 9.17) is 0 Å². The van der Waals surface area contributed by atoms with Gasteiger partial charge in [-0.25, -0.2) is 4.79 Å². The number of nitrogens with one attached hydrogen (secondary N) is 3. The van der Waals surface area contributed by atoms with Crippen molar-refractivity contribution in [2.24, 2.45) is 5.92 Å². The molecule has 118 valence electrons. The van der Waals surface area contributed by atoms with E-state index >= 15 is 0 Å². The van der Waals surface area contributed by atoms with Crippen molar-refractivity contribution in [1.82, 2.24) is 16.0 Å². The molecule has 0 radical (unpaired) electrons. The van der Waals surface area contributed by atoms with Crippen LogP contribution in [-0.2, 0) is 17.6 Å². The van der Waals surface area contributed by atoms with Gasteiger partial charge < -0.3 is 16.0 Å². The number of carbonyl (C=O) groups excluding carboxylic acids is 2.